The molecule has 156 valence electrons. The number of benzene rings is 2. The molecule has 2 aromatic rings. The van der Waals surface area contributed by atoms with Crippen molar-refractivity contribution in [3.8, 4) is 11.5 Å². The van der Waals surface area contributed by atoms with Crippen LogP contribution >= 0.6 is 15.9 Å². The van der Waals surface area contributed by atoms with E-state index in [4.69, 9.17) is 9.47 Å². The molecule has 0 radical (unpaired) electrons. The maximum absolute atomic E-state index is 12.5. The van der Waals surface area contributed by atoms with E-state index in [1.54, 1.807) is 6.07 Å². The molecule has 1 amide bonds. The Labute approximate surface area is 179 Å². The predicted molar refractivity (Wildman–Crippen MR) is 114 cm³/mol. The van der Waals surface area contributed by atoms with E-state index in [1.165, 1.54) is 12.1 Å². The summed E-state index contributed by atoms with van der Waals surface area (Å²) in [7, 11) is -3.70. The number of halogens is 1. The summed E-state index contributed by atoms with van der Waals surface area (Å²) >= 11 is 3.38. The summed E-state index contributed by atoms with van der Waals surface area (Å²) in [4.78, 5) is 12.2. The number of rotatable bonds is 7. The fourth-order valence-corrected chi connectivity index (χ4v) is 4.39. The zero-order valence-corrected chi connectivity index (χ0v) is 18.4. The third-order valence-corrected chi connectivity index (χ3v) is 6.32. The maximum atomic E-state index is 12.5. The number of anilines is 1. The van der Waals surface area contributed by atoms with E-state index in [0.717, 1.165) is 22.1 Å². The van der Waals surface area contributed by atoms with Crippen molar-refractivity contribution in [2.75, 3.05) is 25.1 Å². The molecule has 0 fully saturated rings. The molecule has 1 heterocycles. The van der Waals surface area contributed by atoms with Crippen LogP contribution in [0.1, 0.15) is 24.8 Å². The summed E-state index contributed by atoms with van der Waals surface area (Å²) in [6.45, 7) is 3.09. The molecule has 0 aliphatic carbocycles. The Kier molecular flexibility index (Phi) is 7.15. The first-order valence-corrected chi connectivity index (χ1v) is 11.6. The minimum Gasteiger partial charge on any atom is -0.490 e. The second kappa shape index (κ2) is 9.60. The predicted octanol–water partition coefficient (Wildman–Crippen LogP) is 3.62. The number of carbonyl (C=O) groups excluding carboxylic acids is 1. The van der Waals surface area contributed by atoms with Gasteiger partial charge in [-0.15, -0.1) is 0 Å². The van der Waals surface area contributed by atoms with E-state index < -0.39 is 10.0 Å². The molecule has 0 aromatic heterocycles. The Morgan fingerprint density at radius 3 is 2.62 bits per heavy atom. The Bertz CT molecular complexity index is 994. The molecule has 1 aliphatic heterocycles. The molecule has 0 saturated carbocycles. The van der Waals surface area contributed by atoms with E-state index >= 15 is 0 Å². The molecule has 9 heteroatoms. The molecule has 0 bridgehead atoms. The molecule has 2 N–H and O–H groups in total. The smallest absolute Gasteiger partial charge is 0.240 e. The fraction of sp³-hybridized carbons (Fsp3) is 0.350. The maximum Gasteiger partial charge on any atom is 0.240 e. The third-order valence-electron chi connectivity index (χ3n) is 4.36. The van der Waals surface area contributed by atoms with Gasteiger partial charge < -0.3 is 14.8 Å². The van der Waals surface area contributed by atoms with Gasteiger partial charge in [0, 0.05) is 35.6 Å². The van der Waals surface area contributed by atoms with Gasteiger partial charge in [-0.25, -0.2) is 13.1 Å². The molecule has 7 nitrogen and oxygen atoms in total. The van der Waals surface area contributed by atoms with Gasteiger partial charge in [-0.3, -0.25) is 4.79 Å². The van der Waals surface area contributed by atoms with Gasteiger partial charge >= 0.3 is 0 Å². The van der Waals surface area contributed by atoms with Crippen molar-refractivity contribution in [2.45, 2.75) is 31.1 Å². The van der Waals surface area contributed by atoms with Crippen molar-refractivity contribution >= 4 is 37.5 Å². The Morgan fingerprint density at radius 2 is 1.86 bits per heavy atom. The first-order valence-electron chi connectivity index (χ1n) is 9.30. The largest absolute Gasteiger partial charge is 0.490 e. The third kappa shape index (κ3) is 5.94. The summed E-state index contributed by atoms with van der Waals surface area (Å²) in [6.07, 6.45) is 1.33. The Morgan fingerprint density at radius 1 is 1.10 bits per heavy atom. The topological polar surface area (TPSA) is 93.7 Å². The molecular weight excluding hydrogens is 460 g/mol. The molecule has 0 spiro atoms. The second-order valence-electron chi connectivity index (χ2n) is 6.67. The van der Waals surface area contributed by atoms with Crippen molar-refractivity contribution < 1.29 is 22.7 Å². The molecule has 1 aliphatic rings. The minimum atomic E-state index is -3.70. The number of fused-ring (bicyclic) bond motifs is 1. The highest BCUT2D eigenvalue weighted by molar-refractivity contribution is 9.10. The first-order chi connectivity index (χ1) is 13.8. The van der Waals surface area contributed by atoms with Gasteiger partial charge in [-0.1, -0.05) is 15.9 Å². The molecule has 0 saturated heterocycles. The van der Waals surface area contributed by atoms with Gasteiger partial charge in [0.15, 0.2) is 11.5 Å². The average molecular weight is 483 g/mol. The van der Waals surface area contributed by atoms with E-state index in [2.05, 4.69) is 26.0 Å². The lowest BCUT2D eigenvalue weighted by atomic mass is 10.2. The summed E-state index contributed by atoms with van der Waals surface area (Å²) in [5.41, 5.74) is 1.69. The Hall–Kier alpha value is -2.10. The SMILES string of the molecule is Cc1cc(Br)ccc1NC(=O)CCCNS(=O)(=O)c1ccc2c(c1)OCCCO2. The number of carbonyl (C=O) groups is 1. The van der Waals surface area contributed by atoms with E-state index in [-0.39, 0.29) is 23.8 Å². The van der Waals surface area contributed by atoms with Crippen LogP contribution in [-0.4, -0.2) is 34.1 Å². The lowest BCUT2D eigenvalue weighted by molar-refractivity contribution is -0.116. The first kappa shape index (κ1) is 21.6. The fourth-order valence-electron chi connectivity index (χ4n) is 2.83. The van der Waals surface area contributed by atoms with Crippen molar-refractivity contribution in [2.24, 2.45) is 0 Å². The number of nitrogens with one attached hydrogen (secondary N) is 2. The van der Waals surface area contributed by atoms with Crippen molar-refractivity contribution in [1.29, 1.82) is 0 Å². The monoisotopic (exact) mass is 482 g/mol. The quantitative estimate of drug-likeness (QED) is 0.587. The highest BCUT2D eigenvalue weighted by atomic mass is 79.9. The normalized spacial score (nSPS) is 13.6. The van der Waals surface area contributed by atoms with Crippen LogP contribution in [0.2, 0.25) is 0 Å². The number of ether oxygens (including phenoxy) is 2. The zero-order valence-electron chi connectivity index (χ0n) is 16.0. The van der Waals surface area contributed by atoms with E-state index in [0.29, 0.717) is 31.1 Å². The lowest BCUT2D eigenvalue weighted by Gasteiger charge is -2.11. The van der Waals surface area contributed by atoms with E-state index in [1.807, 2.05) is 25.1 Å². The van der Waals surface area contributed by atoms with Crippen LogP contribution in [-0.2, 0) is 14.8 Å². The van der Waals surface area contributed by atoms with Crippen molar-refractivity contribution in [3.63, 3.8) is 0 Å². The van der Waals surface area contributed by atoms with Gasteiger partial charge in [0.25, 0.3) is 0 Å². The number of hydrogen-bond acceptors (Lipinski definition) is 5. The second-order valence-corrected chi connectivity index (χ2v) is 9.35. The lowest BCUT2D eigenvalue weighted by Crippen LogP contribution is -2.26. The highest BCUT2D eigenvalue weighted by Gasteiger charge is 2.18. The molecule has 0 atom stereocenters. The number of amides is 1. The van der Waals surface area contributed by atoms with Crippen LogP contribution in [0.15, 0.2) is 45.8 Å². The van der Waals surface area contributed by atoms with Crippen LogP contribution in [0.25, 0.3) is 0 Å². The summed E-state index contributed by atoms with van der Waals surface area (Å²) in [6, 6.07) is 10.1. The average Bonchev–Trinajstić information content (AvgIpc) is 2.92. The summed E-state index contributed by atoms with van der Waals surface area (Å²) in [5.74, 6) is 0.807. The zero-order chi connectivity index (χ0) is 20.9. The molecular formula is C20H23BrN2O5S. The minimum absolute atomic E-state index is 0.108. The van der Waals surface area contributed by atoms with E-state index in [9.17, 15) is 13.2 Å². The van der Waals surface area contributed by atoms with Gasteiger partial charge in [-0.2, -0.15) is 0 Å². The van der Waals surface area contributed by atoms with Crippen LogP contribution in [0.5, 0.6) is 11.5 Å². The van der Waals surface area contributed by atoms with Gasteiger partial charge in [0.1, 0.15) is 0 Å². The number of hydrogen-bond donors (Lipinski definition) is 2. The summed E-state index contributed by atoms with van der Waals surface area (Å²) in [5, 5.41) is 2.84. The van der Waals surface area contributed by atoms with Crippen LogP contribution in [0.4, 0.5) is 5.69 Å². The molecule has 29 heavy (non-hydrogen) atoms. The van der Waals surface area contributed by atoms with Gasteiger partial charge in [0.2, 0.25) is 15.9 Å². The van der Waals surface area contributed by atoms with Gasteiger partial charge in [-0.05, 0) is 49.2 Å². The number of sulfonamides is 1. The molecule has 3 rings (SSSR count). The van der Waals surface area contributed by atoms with Crippen LogP contribution in [0.3, 0.4) is 0 Å². The Balaban J connectivity index is 1.50. The van der Waals surface area contributed by atoms with Gasteiger partial charge in [0.05, 0.1) is 18.1 Å². The van der Waals surface area contributed by atoms with Crippen molar-refractivity contribution in [3.05, 3.63) is 46.4 Å². The van der Waals surface area contributed by atoms with Crippen LogP contribution < -0.4 is 19.5 Å². The molecule has 2 aromatic carbocycles. The highest BCUT2D eigenvalue weighted by Crippen LogP contribution is 2.31. The van der Waals surface area contributed by atoms with Crippen molar-refractivity contribution in [1.82, 2.24) is 4.72 Å². The summed E-state index contributed by atoms with van der Waals surface area (Å²) < 4.78 is 39.5. The number of aryl methyl sites for hydroxylation is 1. The van der Waals surface area contributed by atoms with Crippen LogP contribution in [0, 0.1) is 6.92 Å². The standard InChI is InChI=1S/C20H23BrN2O5S/c1-14-12-15(21)5-7-17(14)23-20(24)4-2-9-22-29(25,26)16-6-8-18-19(13-16)28-11-3-10-27-18/h5-8,12-13,22H,2-4,9-11H2,1H3,(H,23,24). The molecule has 0 unspecified atom stereocenters.